The van der Waals surface area contributed by atoms with Crippen LogP contribution in [0.1, 0.15) is 16.7 Å². The molecule has 0 saturated carbocycles. The van der Waals surface area contributed by atoms with E-state index in [1.54, 1.807) is 6.07 Å². The van der Waals surface area contributed by atoms with E-state index >= 15 is 0 Å². The van der Waals surface area contributed by atoms with E-state index in [1.807, 2.05) is 26.8 Å². The van der Waals surface area contributed by atoms with E-state index in [0.29, 0.717) is 0 Å². The summed E-state index contributed by atoms with van der Waals surface area (Å²) in [5, 5.41) is 11.0. The first-order chi connectivity index (χ1) is 4.61. The van der Waals surface area contributed by atoms with Crippen molar-refractivity contribution >= 4 is 0 Å². The van der Waals surface area contributed by atoms with Crippen molar-refractivity contribution in [3.8, 4) is 5.75 Å². The van der Waals surface area contributed by atoms with Gasteiger partial charge in [-0.25, -0.2) is 0 Å². The molecule has 53 valence electrons. The zero-order valence-electron chi connectivity index (χ0n) is 6.56. The van der Waals surface area contributed by atoms with Gasteiger partial charge in [-0.1, -0.05) is 6.07 Å². The molecule has 0 saturated heterocycles. The van der Waals surface area contributed by atoms with Gasteiger partial charge in [0.1, 0.15) is 0 Å². The molecule has 1 rings (SSSR count). The highest BCUT2D eigenvalue weighted by Crippen LogP contribution is 2.20. The van der Waals surface area contributed by atoms with Crippen LogP contribution in [0.15, 0.2) is 12.1 Å². The van der Waals surface area contributed by atoms with Gasteiger partial charge < -0.3 is 0 Å². The second kappa shape index (κ2) is 2.33. The van der Waals surface area contributed by atoms with Crippen LogP contribution < -0.4 is 0 Å². The maximum absolute atomic E-state index is 11.0. The van der Waals surface area contributed by atoms with E-state index in [-0.39, 0.29) is 5.75 Å². The predicted molar refractivity (Wildman–Crippen MR) is 40.8 cm³/mol. The van der Waals surface area contributed by atoms with E-state index in [9.17, 15) is 5.11 Å². The Balaban J connectivity index is 3.28. The molecule has 0 aromatic heterocycles. The summed E-state index contributed by atoms with van der Waals surface area (Å²) < 4.78 is 0. The summed E-state index contributed by atoms with van der Waals surface area (Å²) in [6, 6.07) is 3.61. The standard InChI is InChI=1S/C9H11O/c1-6-4-8(3)9(10)5-7(6)2/h4-5H,1-3H3. The molecule has 1 nitrogen and oxygen atoms in total. The Hall–Kier alpha value is -0.980. The molecular weight excluding hydrogens is 124 g/mol. The maximum atomic E-state index is 11.0. The summed E-state index contributed by atoms with van der Waals surface area (Å²) in [5.41, 5.74) is 3.11. The smallest absolute Gasteiger partial charge is 0.181 e. The normalized spacial score (nSPS) is 9.90. The molecule has 1 heteroatoms. The molecule has 0 amide bonds. The van der Waals surface area contributed by atoms with Gasteiger partial charge in [0.25, 0.3) is 0 Å². The highest BCUT2D eigenvalue weighted by molar-refractivity contribution is 5.39. The maximum Gasteiger partial charge on any atom is 0.181 e. The summed E-state index contributed by atoms with van der Waals surface area (Å²) in [4.78, 5) is 0. The number of rotatable bonds is 0. The summed E-state index contributed by atoms with van der Waals surface area (Å²) in [5.74, 6) is 0.142. The Morgan fingerprint density at radius 3 is 1.90 bits per heavy atom. The first-order valence-electron chi connectivity index (χ1n) is 3.36. The molecule has 10 heavy (non-hydrogen) atoms. The molecule has 1 aromatic carbocycles. The molecule has 0 spiro atoms. The van der Waals surface area contributed by atoms with Crippen molar-refractivity contribution in [3.05, 3.63) is 28.8 Å². The first kappa shape index (κ1) is 7.13. The molecule has 0 N–H and O–H groups in total. The zero-order chi connectivity index (χ0) is 7.72. The summed E-state index contributed by atoms with van der Waals surface area (Å²) >= 11 is 0. The SMILES string of the molecule is Cc1cc(C)c([O])cc1C. The monoisotopic (exact) mass is 135 g/mol. The second-order valence-corrected chi connectivity index (χ2v) is 2.70. The quantitative estimate of drug-likeness (QED) is 0.521. The van der Waals surface area contributed by atoms with E-state index in [2.05, 4.69) is 0 Å². The minimum Gasteiger partial charge on any atom is -0.290 e. The molecule has 0 unspecified atom stereocenters. The Labute approximate surface area is 61.3 Å². The van der Waals surface area contributed by atoms with E-state index in [1.165, 1.54) is 5.56 Å². The fourth-order valence-corrected chi connectivity index (χ4v) is 0.934. The summed E-state index contributed by atoms with van der Waals surface area (Å²) in [7, 11) is 0. The molecule has 0 aliphatic carbocycles. The number of benzene rings is 1. The highest BCUT2D eigenvalue weighted by Gasteiger charge is 1.99. The molecular formula is C9H11O. The Morgan fingerprint density at radius 2 is 1.40 bits per heavy atom. The fraction of sp³-hybridized carbons (Fsp3) is 0.333. The van der Waals surface area contributed by atoms with Crippen molar-refractivity contribution in [1.82, 2.24) is 0 Å². The highest BCUT2D eigenvalue weighted by atomic mass is 16.3. The van der Waals surface area contributed by atoms with Gasteiger partial charge in [-0.05, 0) is 43.5 Å². The third kappa shape index (κ3) is 1.13. The van der Waals surface area contributed by atoms with Gasteiger partial charge in [0.15, 0.2) is 5.75 Å². The molecule has 0 aliphatic heterocycles. The molecule has 0 atom stereocenters. The first-order valence-corrected chi connectivity index (χ1v) is 3.36. The van der Waals surface area contributed by atoms with Crippen LogP contribution in [-0.4, -0.2) is 0 Å². The summed E-state index contributed by atoms with van der Waals surface area (Å²) in [6.45, 7) is 5.81. The van der Waals surface area contributed by atoms with Gasteiger partial charge in [0.05, 0.1) is 0 Å². The molecule has 0 heterocycles. The van der Waals surface area contributed by atoms with Gasteiger partial charge in [-0.3, -0.25) is 5.11 Å². The predicted octanol–water partition coefficient (Wildman–Crippen LogP) is 2.76. The van der Waals surface area contributed by atoms with Crippen LogP contribution in [-0.2, 0) is 5.11 Å². The topological polar surface area (TPSA) is 19.9 Å². The minimum absolute atomic E-state index is 0.142. The van der Waals surface area contributed by atoms with Gasteiger partial charge in [0.2, 0.25) is 0 Å². The number of hydrogen-bond donors (Lipinski definition) is 0. The van der Waals surface area contributed by atoms with Gasteiger partial charge in [-0.2, -0.15) is 0 Å². The summed E-state index contributed by atoms with van der Waals surface area (Å²) in [6.07, 6.45) is 0. The van der Waals surface area contributed by atoms with E-state index < -0.39 is 0 Å². The van der Waals surface area contributed by atoms with Crippen LogP contribution in [0.25, 0.3) is 0 Å². The Bertz CT molecular complexity index is 201. The Morgan fingerprint density at radius 1 is 0.900 bits per heavy atom. The minimum atomic E-state index is 0.142. The van der Waals surface area contributed by atoms with Crippen molar-refractivity contribution < 1.29 is 5.11 Å². The van der Waals surface area contributed by atoms with Crippen molar-refractivity contribution in [3.63, 3.8) is 0 Å². The molecule has 1 radical (unpaired) electrons. The van der Waals surface area contributed by atoms with Crippen LogP contribution in [0.4, 0.5) is 0 Å². The Kier molecular flexibility index (Phi) is 1.66. The van der Waals surface area contributed by atoms with Crippen LogP contribution in [0.3, 0.4) is 0 Å². The van der Waals surface area contributed by atoms with Crippen molar-refractivity contribution in [2.75, 3.05) is 0 Å². The molecule has 0 aliphatic rings. The lowest BCUT2D eigenvalue weighted by molar-refractivity contribution is 0.351. The van der Waals surface area contributed by atoms with Gasteiger partial charge >= 0.3 is 0 Å². The van der Waals surface area contributed by atoms with E-state index in [4.69, 9.17) is 0 Å². The third-order valence-electron chi connectivity index (χ3n) is 1.79. The average Bonchev–Trinajstić information content (AvgIpc) is 1.84. The molecule has 0 fully saturated rings. The molecule has 0 bridgehead atoms. The average molecular weight is 135 g/mol. The van der Waals surface area contributed by atoms with Crippen molar-refractivity contribution in [1.29, 1.82) is 0 Å². The van der Waals surface area contributed by atoms with Crippen molar-refractivity contribution in [2.45, 2.75) is 20.8 Å². The van der Waals surface area contributed by atoms with Gasteiger partial charge in [0, 0.05) is 0 Å². The molecule has 1 aromatic rings. The van der Waals surface area contributed by atoms with Crippen LogP contribution >= 0.6 is 0 Å². The van der Waals surface area contributed by atoms with Crippen LogP contribution in [0, 0.1) is 20.8 Å². The number of hydrogen-bond acceptors (Lipinski definition) is 0. The fourth-order valence-electron chi connectivity index (χ4n) is 0.934. The van der Waals surface area contributed by atoms with Crippen molar-refractivity contribution in [2.24, 2.45) is 0 Å². The second-order valence-electron chi connectivity index (χ2n) is 2.70. The lowest BCUT2D eigenvalue weighted by Crippen LogP contribution is -1.81. The van der Waals surface area contributed by atoms with Crippen LogP contribution in [0.5, 0.6) is 5.75 Å². The van der Waals surface area contributed by atoms with E-state index in [0.717, 1.165) is 11.1 Å². The lowest BCUT2D eigenvalue weighted by Gasteiger charge is -2.00. The van der Waals surface area contributed by atoms with Gasteiger partial charge in [-0.15, -0.1) is 0 Å². The van der Waals surface area contributed by atoms with Crippen LogP contribution in [0.2, 0.25) is 0 Å². The zero-order valence-corrected chi connectivity index (χ0v) is 6.56. The largest absolute Gasteiger partial charge is 0.290 e. The lowest BCUT2D eigenvalue weighted by atomic mass is 10.1. The third-order valence-corrected chi connectivity index (χ3v) is 1.79. The number of aryl methyl sites for hydroxylation is 3.